The van der Waals surface area contributed by atoms with Gasteiger partial charge in [-0.1, -0.05) is 12.1 Å². The minimum Gasteiger partial charge on any atom is -0.380 e. The van der Waals surface area contributed by atoms with Crippen molar-refractivity contribution in [1.29, 1.82) is 0 Å². The van der Waals surface area contributed by atoms with Crippen LogP contribution in [0.1, 0.15) is 10.4 Å². The number of anilines is 1. The van der Waals surface area contributed by atoms with Gasteiger partial charge in [0.1, 0.15) is 0 Å². The Morgan fingerprint density at radius 2 is 2.11 bits per heavy atom. The summed E-state index contributed by atoms with van der Waals surface area (Å²) in [5.74, 6) is 0. The second-order valence-electron chi connectivity index (χ2n) is 3.96. The highest BCUT2D eigenvalue weighted by Crippen LogP contribution is 2.20. The van der Waals surface area contributed by atoms with Crippen LogP contribution in [0.4, 0.5) is 5.69 Å². The first kappa shape index (κ1) is 13.1. The van der Waals surface area contributed by atoms with Gasteiger partial charge in [-0.2, -0.15) is 0 Å². The maximum Gasteiger partial charge on any atom is 0.238 e. The molecule has 0 bridgehead atoms. The Labute approximate surface area is 111 Å². The van der Waals surface area contributed by atoms with Crippen LogP contribution >= 0.6 is 11.3 Å². The van der Waals surface area contributed by atoms with Crippen LogP contribution in [-0.4, -0.2) is 8.42 Å². The predicted molar refractivity (Wildman–Crippen MR) is 74.2 cm³/mol. The van der Waals surface area contributed by atoms with Crippen LogP contribution in [0.2, 0.25) is 0 Å². The molecular weight excluding hydrogens is 268 g/mol. The van der Waals surface area contributed by atoms with E-state index in [1.807, 2.05) is 23.6 Å². The van der Waals surface area contributed by atoms with Gasteiger partial charge in [0.25, 0.3) is 0 Å². The molecule has 3 N–H and O–H groups in total. The van der Waals surface area contributed by atoms with Crippen LogP contribution in [0, 0.1) is 6.92 Å². The van der Waals surface area contributed by atoms with Gasteiger partial charge in [-0.15, -0.1) is 11.3 Å². The molecule has 0 unspecified atom stereocenters. The number of nitrogens with one attached hydrogen (secondary N) is 1. The third-order valence-corrected chi connectivity index (χ3v) is 4.47. The van der Waals surface area contributed by atoms with E-state index in [4.69, 9.17) is 5.14 Å². The Balaban J connectivity index is 2.20. The van der Waals surface area contributed by atoms with Crippen LogP contribution in [0.25, 0.3) is 0 Å². The van der Waals surface area contributed by atoms with E-state index in [-0.39, 0.29) is 4.90 Å². The topological polar surface area (TPSA) is 72.2 Å². The molecule has 0 saturated heterocycles. The zero-order valence-corrected chi connectivity index (χ0v) is 11.5. The maximum atomic E-state index is 11.4. The van der Waals surface area contributed by atoms with Crippen molar-refractivity contribution in [3.63, 3.8) is 0 Å². The number of primary sulfonamides is 1. The molecule has 0 aliphatic carbocycles. The summed E-state index contributed by atoms with van der Waals surface area (Å²) in [6.07, 6.45) is 0. The number of aryl methyl sites for hydroxylation is 1. The zero-order valence-electron chi connectivity index (χ0n) is 9.88. The number of thiophene rings is 1. The van der Waals surface area contributed by atoms with Gasteiger partial charge in [-0.05, 0) is 36.1 Å². The predicted octanol–water partition coefficient (Wildman–Crippen LogP) is 2.32. The third-order valence-electron chi connectivity index (χ3n) is 2.54. The molecule has 4 nitrogen and oxygen atoms in total. The number of hydrogen-bond donors (Lipinski definition) is 2. The molecule has 6 heteroatoms. The van der Waals surface area contributed by atoms with E-state index >= 15 is 0 Å². The second-order valence-corrected chi connectivity index (χ2v) is 6.52. The van der Waals surface area contributed by atoms with Gasteiger partial charge in [0.05, 0.1) is 4.90 Å². The fourth-order valence-electron chi connectivity index (χ4n) is 1.62. The molecule has 0 fully saturated rings. The van der Waals surface area contributed by atoms with Gasteiger partial charge >= 0.3 is 0 Å². The Bertz CT molecular complexity index is 634. The standard InChI is InChI=1S/C12H14N2O2S2/c1-9-4-5-10(7-12(9)18(13,15)16)14-8-11-3-2-6-17-11/h2-7,14H,8H2,1H3,(H2,13,15,16). The molecule has 2 rings (SSSR count). The minimum absolute atomic E-state index is 0.165. The molecule has 1 aromatic heterocycles. The molecule has 0 saturated carbocycles. The molecule has 18 heavy (non-hydrogen) atoms. The number of nitrogens with two attached hydrogens (primary N) is 1. The van der Waals surface area contributed by atoms with E-state index in [9.17, 15) is 8.42 Å². The monoisotopic (exact) mass is 282 g/mol. The van der Waals surface area contributed by atoms with E-state index < -0.39 is 10.0 Å². The summed E-state index contributed by atoms with van der Waals surface area (Å²) in [5.41, 5.74) is 1.40. The van der Waals surface area contributed by atoms with Crippen LogP contribution in [0.5, 0.6) is 0 Å². The van der Waals surface area contributed by atoms with Crippen LogP contribution < -0.4 is 10.5 Å². The van der Waals surface area contributed by atoms with Gasteiger partial charge in [0, 0.05) is 17.1 Å². The summed E-state index contributed by atoms with van der Waals surface area (Å²) in [6.45, 7) is 2.40. The lowest BCUT2D eigenvalue weighted by Crippen LogP contribution is -2.14. The Morgan fingerprint density at radius 1 is 1.33 bits per heavy atom. The Morgan fingerprint density at radius 3 is 2.72 bits per heavy atom. The first-order chi connectivity index (χ1) is 8.47. The van der Waals surface area contributed by atoms with Crippen LogP contribution in [0.15, 0.2) is 40.6 Å². The number of rotatable bonds is 4. The highest BCUT2D eigenvalue weighted by atomic mass is 32.2. The molecule has 0 aliphatic rings. The van der Waals surface area contributed by atoms with E-state index in [1.54, 1.807) is 30.4 Å². The fourth-order valence-corrected chi connectivity index (χ4v) is 3.07. The molecule has 0 atom stereocenters. The lowest BCUT2D eigenvalue weighted by molar-refractivity contribution is 0.597. The smallest absolute Gasteiger partial charge is 0.238 e. The summed E-state index contributed by atoms with van der Waals surface area (Å²) in [6, 6.07) is 9.16. The highest BCUT2D eigenvalue weighted by Gasteiger charge is 2.11. The summed E-state index contributed by atoms with van der Waals surface area (Å²) >= 11 is 1.65. The molecule has 0 aliphatic heterocycles. The van der Waals surface area contributed by atoms with E-state index in [0.717, 1.165) is 5.69 Å². The first-order valence-electron chi connectivity index (χ1n) is 5.36. The van der Waals surface area contributed by atoms with Crippen molar-refractivity contribution in [3.05, 3.63) is 46.2 Å². The first-order valence-corrected chi connectivity index (χ1v) is 7.79. The van der Waals surface area contributed by atoms with Crippen molar-refractivity contribution in [2.24, 2.45) is 5.14 Å². The number of benzene rings is 1. The SMILES string of the molecule is Cc1ccc(NCc2cccs2)cc1S(N)(=O)=O. The Kier molecular flexibility index (Phi) is 3.70. The van der Waals surface area contributed by atoms with Crippen LogP contribution in [0.3, 0.4) is 0 Å². The zero-order chi connectivity index (χ0) is 13.2. The van der Waals surface area contributed by atoms with E-state index in [1.165, 1.54) is 4.88 Å². The van der Waals surface area contributed by atoms with Gasteiger partial charge in [0.15, 0.2) is 0 Å². The molecule has 2 aromatic rings. The maximum absolute atomic E-state index is 11.4. The quantitative estimate of drug-likeness (QED) is 0.904. The third kappa shape index (κ3) is 3.10. The van der Waals surface area contributed by atoms with Crippen molar-refractivity contribution in [1.82, 2.24) is 0 Å². The largest absolute Gasteiger partial charge is 0.380 e. The summed E-state index contributed by atoms with van der Waals surface area (Å²) < 4.78 is 22.8. The highest BCUT2D eigenvalue weighted by molar-refractivity contribution is 7.89. The second kappa shape index (κ2) is 5.09. The molecule has 96 valence electrons. The average molecular weight is 282 g/mol. The van der Waals surface area contributed by atoms with Gasteiger partial charge in [-0.25, -0.2) is 13.6 Å². The van der Waals surface area contributed by atoms with Crippen LogP contribution in [-0.2, 0) is 16.6 Å². The molecule has 1 aromatic carbocycles. The van der Waals surface area contributed by atoms with Crippen molar-refractivity contribution < 1.29 is 8.42 Å². The van der Waals surface area contributed by atoms with E-state index in [2.05, 4.69) is 5.32 Å². The fraction of sp³-hybridized carbons (Fsp3) is 0.167. The van der Waals surface area contributed by atoms with Gasteiger partial charge in [-0.3, -0.25) is 0 Å². The molecule has 0 spiro atoms. The lowest BCUT2D eigenvalue weighted by atomic mass is 10.2. The Hall–Kier alpha value is -1.37. The minimum atomic E-state index is -3.67. The van der Waals surface area contributed by atoms with Gasteiger partial charge < -0.3 is 5.32 Å². The van der Waals surface area contributed by atoms with Crippen molar-refractivity contribution >= 4 is 27.0 Å². The van der Waals surface area contributed by atoms with Crippen molar-refractivity contribution in [2.75, 3.05) is 5.32 Å². The van der Waals surface area contributed by atoms with Gasteiger partial charge in [0.2, 0.25) is 10.0 Å². The summed E-state index contributed by atoms with van der Waals surface area (Å²) in [7, 11) is -3.67. The van der Waals surface area contributed by atoms with Crippen molar-refractivity contribution in [3.8, 4) is 0 Å². The van der Waals surface area contributed by atoms with E-state index in [0.29, 0.717) is 12.1 Å². The summed E-state index contributed by atoms with van der Waals surface area (Å²) in [5, 5.41) is 10.3. The molecule has 1 heterocycles. The normalized spacial score (nSPS) is 11.4. The molecule has 0 amide bonds. The lowest BCUT2D eigenvalue weighted by Gasteiger charge is -2.09. The molecular formula is C12H14N2O2S2. The molecule has 0 radical (unpaired) electrons. The number of hydrogen-bond acceptors (Lipinski definition) is 4. The average Bonchev–Trinajstić information content (AvgIpc) is 2.79. The number of sulfonamides is 1. The van der Waals surface area contributed by atoms with Crippen molar-refractivity contribution in [2.45, 2.75) is 18.4 Å². The summed E-state index contributed by atoms with van der Waals surface area (Å²) in [4.78, 5) is 1.35.